The number of hydrogen-bond acceptors (Lipinski definition) is 5. The van der Waals surface area contributed by atoms with Gasteiger partial charge in [-0.25, -0.2) is 4.68 Å². The molecule has 2 aromatic carbocycles. The molecule has 0 saturated carbocycles. The highest BCUT2D eigenvalue weighted by Gasteiger charge is 2.18. The number of nitrogens with one attached hydrogen (secondary N) is 2. The van der Waals surface area contributed by atoms with Gasteiger partial charge in [0.25, 0.3) is 11.6 Å². The maximum absolute atomic E-state index is 12.3. The van der Waals surface area contributed by atoms with Crippen LogP contribution in [-0.4, -0.2) is 32.6 Å². The predicted molar refractivity (Wildman–Crippen MR) is 110 cm³/mol. The first kappa shape index (κ1) is 21.0. The highest BCUT2D eigenvalue weighted by molar-refractivity contribution is 6.30. The molecule has 1 atom stereocenters. The molecule has 0 fully saturated rings. The summed E-state index contributed by atoms with van der Waals surface area (Å²) in [4.78, 5) is 34.8. The standard InChI is InChI=1S/C20H18ClN5O4/c1-13(24-20(28)15-3-2-4-18(9-15)26(29)30)19(27)22-10-14-11-23-25(12-14)17-7-5-16(21)6-8-17/h2-9,11-13H,10H2,1H3,(H,22,27)(H,24,28). The maximum atomic E-state index is 12.3. The minimum atomic E-state index is -0.830. The number of non-ortho nitro benzene ring substituents is 1. The van der Waals surface area contributed by atoms with Crippen LogP contribution in [0, 0.1) is 10.1 Å². The lowest BCUT2D eigenvalue weighted by molar-refractivity contribution is -0.384. The molecule has 3 rings (SSSR count). The van der Waals surface area contributed by atoms with E-state index >= 15 is 0 Å². The molecule has 0 aliphatic rings. The number of aromatic nitrogens is 2. The molecule has 2 amide bonds. The molecule has 30 heavy (non-hydrogen) atoms. The van der Waals surface area contributed by atoms with Crippen LogP contribution in [0.2, 0.25) is 5.02 Å². The zero-order valence-corrected chi connectivity index (χ0v) is 16.7. The number of benzene rings is 2. The number of nitro benzene ring substituents is 1. The van der Waals surface area contributed by atoms with Gasteiger partial charge < -0.3 is 10.6 Å². The van der Waals surface area contributed by atoms with Gasteiger partial charge in [0.1, 0.15) is 6.04 Å². The summed E-state index contributed by atoms with van der Waals surface area (Å²) in [5.41, 5.74) is 1.51. The average molecular weight is 428 g/mol. The number of carbonyl (C=O) groups excluding carboxylic acids is 2. The Morgan fingerprint density at radius 2 is 1.97 bits per heavy atom. The maximum Gasteiger partial charge on any atom is 0.270 e. The van der Waals surface area contributed by atoms with Crippen molar-refractivity contribution in [1.82, 2.24) is 20.4 Å². The van der Waals surface area contributed by atoms with Gasteiger partial charge in [-0.15, -0.1) is 0 Å². The predicted octanol–water partition coefficient (Wildman–Crippen LogP) is 2.87. The van der Waals surface area contributed by atoms with E-state index in [-0.39, 0.29) is 17.8 Å². The van der Waals surface area contributed by atoms with E-state index in [0.717, 1.165) is 17.3 Å². The normalized spacial score (nSPS) is 11.5. The molecule has 0 radical (unpaired) electrons. The Labute approximate surface area is 176 Å². The van der Waals surface area contributed by atoms with Crippen molar-refractivity contribution in [2.75, 3.05) is 0 Å². The molecule has 9 nitrogen and oxygen atoms in total. The third kappa shape index (κ3) is 5.21. The van der Waals surface area contributed by atoms with E-state index in [4.69, 9.17) is 11.6 Å². The van der Waals surface area contributed by atoms with Crippen LogP contribution < -0.4 is 10.6 Å². The van der Waals surface area contributed by atoms with Crippen molar-refractivity contribution in [3.05, 3.63) is 87.2 Å². The van der Waals surface area contributed by atoms with Crippen LogP contribution in [0.4, 0.5) is 5.69 Å². The van der Waals surface area contributed by atoms with E-state index in [2.05, 4.69) is 15.7 Å². The zero-order chi connectivity index (χ0) is 21.7. The summed E-state index contributed by atoms with van der Waals surface area (Å²) >= 11 is 5.88. The summed E-state index contributed by atoms with van der Waals surface area (Å²) in [5, 5.41) is 21.0. The number of rotatable bonds is 7. The summed E-state index contributed by atoms with van der Waals surface area (Å²) in [6, 6.07) is 11.6. The Kier molecular flexibility index (Phi) is 6.43. The number of halogens is 1. The minimum Gasteiger partial charge on any atom is -0.350 e. The molecule has 1 aromatic heterocycles. The fourth-order valence-corrected chi connectivity index (χ4v) is 2.76. The zero-order valence-electron chi connectivity index (χ0n) is 15.9. The first-order valence-corrected chi connectivity index (χ1v) is 9.34. The largest absolute Gasteiger partial charge is 0.350 e. The van der Waals surface area contributed by atoms with Crippen LogP contribution in [0.25, 0.3) is 5.69 Å². The Bertz CT molecular complexity index is 1080. The van der Waals surface area contributed by atoms with Gasteiger partial charge in [0, 0.05) is 41.0 Å². The topological polar surface area (TPSA) is 119 Å². The number of hydrogen-bond donors (Lipinski definition) is 2. The van der Waals surface area contributed by atoms with Gasteiger partial charge >= 0.3 is 0 Å². The highest BCUT2D eigenvalue weighted by atomic mass is 35.5. The molecule has 3 aromatic rings. The van der Waals surface area contributed by atoms with Crippen molar-refractivity contribution in [2.24, 2.45) is 0 Å². The van der Waals surface area contributed by atoms with Gasteiger partial charge in [-0.3, -0.25) is 19.7 Å². The lowest BCUT2D eigenvalue weighted by atomic mass is 10.1. The molecule has 10 heteroatoms. The van der Waals surface area contributed by atoms with Crippen LogP contribution in [0.5, 0.6) is 0 Å². The van der Waals surface area contributed by atoms with Crippen molar-refractivity contribution in [1.29, 1.82) is 0 Å². The summed E-state index contributed by atoms with van der Waals surface area (Å²) in [7, 11) is 0. The number of nitro groups is 1. The first-order valence-electron chi connectivity index (χ1n) is 8.96. The molecule has 2 N–H and O–H groups in total. The van der Waals surface area contributed by atoms with Gasteiger partial charge in [-0.1, -0.05) is 17.7 Å². The van der Waals surface area contributed by atoms with E-state index < -0.39 is 22.8 Å². The third-order valence-corrected chi connectivity index (χ3v) is 4.51. The molecule has 0 bridgehead atoms. The number of nitrogens with zero attached hydrogens (tertiary/aromatic N) is 3. The first-order chi connectivity index (χ1) is 14.3. The molecular weight excluding hydrogens is 410 g/mol. The number of amides is 2. The summed E-state index contributed by atoms with van der Waals surface area (Å²) in [6.45, 7) is 1.76. The summed E-state index contributed by atoms with van der Waals surface area (Å²) < 4.78 is 1.66. The van der Waals surface area contributed by atoms with Crippen LogP contribution >= 0.6 is 11.6 Å². The van der Waals surface area contributed by atoms with Crippen LogP contribution in [0.3, 0.4) is 0 Å². The lowest BCUT2D eigenvalue weighted by Gasteiger charge is -2.13. The Morgan fingerprint density at radius 1 is 1.23 bits per heavy atom. The fraction of sp³-hybridized carbons (Fsp3) is 0.150. The Morgan fingerprint density at radius 3 is 2.67 bits per heavy atom. The van der Waals surface area contributed by atoms with Crippen molar-refractivity contribution >= 4 is 29.1 Å². The Balaban J connectivity index is 1.55. The van der Waals surface area contributed by atoms with Crippen molar-refractivity contribution in [2.45, 2.75) is 19.5 Å². The molecule has 0 aliphatic carbocycles. The second kappa shape index (κ2) is 9.19. The molecule has 1 unspecified atom stereocenters. The molecule has 154 valence electrons. The second-order valence-electron chi connectivity index (χ2n) is 6.49. The van der Waals surface area contributed by atoms with E-state index in [1.54, 1.807) is 29.2 Å². The van der Waals surface area contributed by atoms with Gasteiger partial charge in [0.15, 0.2) is 0 Å². The summed E-state index contributed by atoms with van der Waals surface area (Å²) in [6.07, 6.45) is 3.40. The van der Waals surface area contributed by atoms with Crippen molar-refractivity contribution < 1.29 is 14.5 Å². The molecule has 0 aliphatic heterocycles. The molecule has 0 spiro atoms. The average Bonchev–Trinajstić information content (AvgIpc) is 3.21. The SMILES string of the molecule is CC(NC(=O)c1cccc([N+](=O)[O-])c1)C(=O)NCc1cnn(-c2ccc(Cl)cc2)c1. The van der Waals surface area contributed by atoms with Crippen LogP contribution in [0.15, 0.2) is 60.9 Å². The highest BCUT2D eigenvalue weighted by Crippen LogP contribution is 2.14. The van der Waals surface area contributed by atoms with E-state index in [1.165, 1.54) is 25.1 Å². The summed E-state index contributed by atoms with van der Waals surface area (Å²) in [5.74, 6) is -0.968. The van der Waals surface area contributed by atoms with Crippen LogP contribution in [0.1, 0.15) is 22.8 Å². The Hall–Kier alpha value is -3.72. The van der Waals surface area contributed by atoms with Gasteiger partial charge in [-0.05, 0) is 37.3 Å². The van der Waals surface area contributed by atoms with Crippen molar-refractivity contribution in [3.63, 3.8) is 0 Å². The minimum absolute atomic E-state index is 0.105. The van der Waals surface area contributed by atoms with Gasteiger partial charge in [0.2, 0.25) is 5.91 Å². The van der Waals surface area contributed by atoms with Crippen molar-refractivity contribution in [3.8, 4) is 5.69 Å². The lowest BCUT2D eigenvalue weighted by Crippen LogP contribution is -2.44. The molecule has 0 saturated heterocycles. The monoisotopic (exact) mass is 427 g/mol. The quantitative estimate of drug-likeness (QED) is 0.444. The third-order valence-electron chi connectivity index (χ3n) is 4.25. The molecular formula is C20H18ClN5O4. The second-order valence-corrected chi connectivity index (χ2v) is 6.93. The van der Waals surface area contributed by atoms with E-state index in [9.17, 15) is 19.7 Å². The van der Waals surface area contributed by atoms with Gasteiger partial charge in [-0.2, -0.15) is 5.10 Å². The molecule has 1 heterocycles. The number of carbonyl (C=O) groups is 2. The smallest absolute Gasteiger partial charge is 0.270 e. The van der Waals surface area contributed by atoms with E-state index in [1.807, 2.05) is 12.1 Å². The van der Waals surface area contributed by atoms with Crippen LogP contribution in [-0.2, 0) is 11.3 Å². The van der Waals surface area contributed by atoms with Gasteiger partial charge in [0.05, 0.1) is 16.8 Å². The van der Waals surface area contributed by atoms with E-state index in [0.29, 0.717) is 5.02 Å². The fourth-order valence-electron chi connectivity index (χ4n) is 2.63.